The Bertz CT molecular complexity index is 1260. The molecule has 0 saturated heterocycles. The topological polar surface area (TPSA) is 131 Å². The molecule has 0 aliphatic heterocycles. The number of aliphatic hydroxyl groups is 1. The van der Waals surface area contributed by atoms with E-state index in [1.165, 1.54) is 12.1 Å². The van der Waals surface area contributed by atoms with Crippen molar-refractivity contribution in [2.24, 2.45) is 11.7 Å². The van der Waals surface area contributed by atoms with E-state index in [9.17, 15) is 14.3 Å². The predicted molar refractivity (Wildman–Crippen MR) is 137 cm³/mol. The molecule has 2 aliphatic rings. The smallest absolute Gasteiger partial charge is 0.224 e. The summed E-state index contributed by atoms with van der Waals surface area (Å²) in [6.07, 6.45) is 7.38. The lowest BCUT2D eigenvalue weighted by molar-refractivity contribution is -0.122. The number of nitrogens with zero attached hydrogens (tertiary/aromatic N) is 4. The van der Waals surface area contributed by atoms with Crippen molar-refractivity contribution in [3.63, 3.8) is 0 Å². The first kappa shape index (κ1) is 25.0. The fraction of sp³-hybridized carbons (Fsp3) is 0.500. The van der Waals surface area contributed by atoms with Crippen molar-refractivity contribution in [1.29, 1.82) is 0 Å². The minimum absolute atomic E-state index is 0.00893. The van der Waals surface area contributed by atoms with Crippen LogP contribution in [0.3, 0.4) is 0 Å². The van der Waals surface area contributed by atoms with Gasteiger partial charge in [0.15, 0.2) is 5.65 Å². The van der Waals surface area contributed by atoms with Gasteiger partial charge in [0.1, 0.15) is 11.3 Å². The molecule has 192 valence electrons. The molecule has 3 aromatic rings. The lowest BCUT2D eigenvalue weighted by atomic mass is 9.85. The van der Waals surface area contributed by atoms with Gasteiger partial charge in [-0.15, -0.1) is 0 Å². The van der Waals surface area contributed by atoms with E-state index in [4.69, 9.17) is 38.9 Å². The summed E-state index contributed by atoms with van der Waals surface area (Å²) < 4.78 is 15.7. The van der Waals surface area contributed by atoms with Crippen LogP contribution < -0.4 is 16.4 Å². The number of anilines is 3. The van der Waals surface area contributed by atoms with Gasteiger partial charge in [0.2, 0.25) is 17.8 Å². The number of rotatable bonds is 6. The van der Waals surface area contributed by atoms with E-state index in [0.717, 1.165) is 19.3 Å². The minimum Gasteiger partial charge on any atom is -0.393 e. The third kappa shape index (κ3) is 5.21. The molecule has 2 aliphatic carbocycles. The van der Waals surface area contributed by atoms with Crippen molar-refractivity contribution in [3.05, 3.63) is 34.2 Å². The summed E-state index contributed by atoms with van der Waals surface area (Å²) in [5, 5.41) is 16.8. The van der Waals surface area contributed by atoms with Crippen LogP contribution in [0.2, 0.25) is 10.0 Å². The number of amides is 1. The minimum atomic E-state index is -0.539. The van der Waals surface area contributed by atoms with Crippen LogP contribution in [-0.4, -0.2) is 42.7 Å². The summed E-state index contributed by atoms with van der Waals surface area (Å²) in [5.41, 5.74) is 7.06. The monoisotopic (exact) mass is 535 g/mol. The highest BCUT2D eigenvalue weighted by Crippen LogP contribution is 2.39. The molecule has 9 nitrogen and oxygen atoms in total. The van der Waals surface area contributed by atoms with Gasteiger partial charge in [-0.1, -0.05) is 23.2 Å². The third-order valence-corrected chi connectivity index (χ3v) is 7.72. The van der Waals surface area contributed by atoms with Gasteiger partial charge in [-0.2, -0.15) is 4.98 Å². The highest BCUT2D eigenvalue weighted by Gasteiger charge is 2.30. The largest absolute Gasteiger partial charge is 0.393 e. The molecule has 36 heavy (non-hydrogen) atoms. The number of aromatic nitrogens is 4. The van der Waals surface area contributed by atoms with Crippen LogP contribution in [0.25, 0.3) is 11.2 Å². The summed E-state index contributed by atoms with van der Waals surface area (Å²) in [6.45, 7) is 0. The number of nitrogens with two attached hydrogens (primary N) is 1. The molecule has 0 unspecified atom stereocenters. The number of carbonyl (C=O) groups excluding carboxylic acids is 1. The summed E-state index contributed by atoms with van der Waals surface area (Å²) in [7, 11) is 0. The number of imidazole rings is 1. The fourth-order valence-corrected chi connectivity index (χ4v) is 5.82. The van der Waals surface area contributed by atoms with Crippen molar-refractivity contribution < 1.29 is 14.3 Å². The molecule has 2 aromatic heterocycles. The number of primary amides is 1. The average Bonchev–Trinajstić information content (AvgIpc) is 3.18. The van der Waals surface area contributed by atoms with Crippen LogP contribution in [0.5, 0.6) is 0 Å². The molecule has 2 fully saturated rings. The van der Waals surface area contributed by atoms with E-state index in [-0.39, 0.29) is 40.1 Å². The Balaban J connectivity index is 1.51. The lowest BCUT2D eigenvalue weighted by Crippen LogP contribution is -2.30. The molecule has 1 amide bonds. The Morgan fingerprint density at radius 1 is 1.11 bits per heavy atom. The van der Waals surface area contributed by atoms with E-state index >= 15 is 0 Å². The molecule has 2 saturated carbocycles. The molecule has 5 N–H and O–H groups in total. The van der Waals surface area contributed by atoms with Crippen molar-refractivity contribution in [1.82, 2.24) is 19.5 Å². The van der Waals surface area contributed by atoms with Gasteiger partial charge in [0.25, 0.3) is 0 Å². The van der Waals surface area contributed by atoms with Crippen molar-refractivity contribution in [3.8, 4) is 0 Å². The van der Waals surface area contributed by atoms with Crippen LogP contribution in [0.1, 0.15) is 57.4 Å². The van der Waals surface area contributed by atoms with E-state index in [1.807, 2.05) is 4.57 Å². The van der Waals surface area contributed by atoms with Gasteiger partial charge < -0.3 is 21.5 Å². The maximum Gasteiger partial charge on any atom is 0.224 e. The van der Waals surface area contributed by atoms with Crippen LogP contribution in [-0.2, 0) is 4.79 Å². The Kier molecular flexibility index (Phi) is 7.18. The maximum atomic E-state index is 13.8. The standard InChI is InChI=1S/C24H28Cl2FN7O2/c25-17-8-13(27)9-18(26)20(17)32-24-31-19-11-29-23(30-14-2-1-3-16(35)10-14)33-22(19)34(24)15-6-4-12(5-7-15)21(28)36/h8-9,11-12,14-16,35H,1-7,10H2,(H2,28,36)(H,31,32)(H,29,30,33)/t12?,14-,15?,16-/m1/s1. The first-order chi connectivity index (χ1) is 17.3. The summed E-state index contributed by atoms with van der Waals surface area (Å²) in [6, 6.07) is 2.44. The lowest BCUT2D eigenvalue weighted by Gasteiger charge is -2.29. The zero-order valence-electron chi connectivity index (χ0n) is 19.6. The zero-order chi connectivity index (χ0) is 25.4. The number of nitrogens with one attached hydrogen (secondary N) is 2. The fourth-order valence-electron chi connectivity index (χ4n) is 5.26. The van der Waals surface area contributed by atoms with Crippen molar-refractivity contribution >= 4 is 57.9 Å². The number of hydrogen-bond donors (Lipinski definition) is 4. The van der Waals surface area contributed by atoms with E-state index < -0.39 is 5.82 Å². The third-order valence-electron chi connectivity index (χ3n) is 7.12. The number of hydrogen-bond acceptors (Lipinski definition) is 7. The highest BCUT2D eigenvalue weighted by molar-refractivity contribution is 6.39. The van der Waals surface area contributed by atoms with Gasteiger partial charge in [-0.25, -0.2) is 14.4 Å². The highest BCUT2D eigenvalue weighted by atomic mass is 35.5. The molecular formula is C24H28Cl2FN7O2. The van der Waals surface area contributed by atoms with Gasteiger partial charge in [0.05, 0.1) is 28.0 Å². The summed E-state index contributed by atoms with van der Waals surface area (Å²) in [5.74, 6) is -0.0719. The predicted octanol–water partition coefficient (Wildman–Crippen LogP) is 4.95. The number of aliphatic hydroxyl groups excluding tert-OH is 1. The van der Waals surface area contributed by atoms with Crippen molar-refractivity contribution in [2.45, 2.75) is 69.6 Å². The van der Waals surface area contributed by atoms with Crippen LogP contribution in [0.15, 0.2) is 18.3 Å². The Hall–Kier alpha value is -2.69. The van der Waals surface area contributed by atoms with Crippen molar-refractivity contribution in [2.75, 3.05) is 10.6 Å². The molecule has 0 radical (unpaired) electrons. The maximum absolute atomic E-state index is 13.8. The number of fused-ring (bicyclic) bond motifs is 1. The van der Waals surface area contributed by atoms with Gasteiger partial charge in [0, 0.05) is 18.0 Å². The Morgan fingerprint density at radius 2 is 1.83 bits per heavy atom. The second-order valence-electron chi connectivity index (χ2n) is 9.65. The zero-order valence-corrected chi connectivity index (χ0v) is 21.1. The van der Waals surface area contributed by atoms with E-state index in [0.29, 0.717) is 60.9 Å². The average molecular weight is 536 g/mol. The van der Waals surface area contributed by atoms with Gasteiger partial charge >= 0.3 is 0 Å². The van der Waals surface area contributed by atoms with Crippen LogP contribution in [0, 0.1) is 11.7 Å². The number of carbonyl (C=O) groups is 1. The second kappa shape index (κ2) is 10.4. The van der Waals surface area contributed by atoms with E-state index in [1.54, 1.807) is 6.20 Å². The van der Waals surface area contributed by atoms with Crippen LogP contribution in [0.4, 0.5) is 22.0 Å². The second-order valence-corrected chi connectivity index (χ2v) is 10.5. The molecule has 0 spiro atoms. The quantitative estimate of drug-likeness (QED) is 0.351. The molecule has 5 rings (SSSR count). The van der Waals surface area contributed by atoms with Gasteiger partial charge in [-0.3, -0.25) is 9.36 Å². The van der Waals surface area contributed by atoms with Gasteiger partial charge in [-0.05, 0) is 63.5 Å². The number of benzene rings is 1. The molecule has 2 atom stereocenters. The van der Waals surface area contributed by atoms with E-state index in [2.05, 4.69) is 15.6 Å². The SMILES string of the molecule is NC(=O)C1CCC(n2c(Nc3c(Cl)cc(F)cc3Cl)nc3cnc(N[C@@H]4CCC[C@@H](O)C4)nc32)CC1. The number of halogens is 3. The summed E-state index contributed by atoms with van der Waals surface area (Å²) >= 11 is 12.6. The summed E-state index contributed by atoms with van der Waals surface area (Å²) in [4.78, 5) is 25.6. The Labute approximate surface area is 217 Å². The normalized spacial score (nSPS) is 24.6. The molecule has 2 heterocycles. The molecule has 12 heteroatoms. The Morgan fingerprint density at radius 3 is 2.50 bits per heavy atom. The van der Waals surface area contributed by atoms with Crippen LogP contribution >= 0.6 is 23.2 Å². The first-order valence-electron chi connectivity index (χ1n) is 12.2. The molecule has 1 aromatic carbocycles. The first-order valence-corrected chi connectivity index (χ1v) is 12.9. The molecule has 0 bridgehead atoms. The molecular weight excluding hydrogens is 508 g/mol.